The third kappa shape index (κ3) is 8.07. The van der Waals surface area contributed by atoms with Crippen LogP contribution in [-0.2, 0) is 19.1 Å². The zero-order chi connectivity index (χ0) is 43.7. The number of anilines is 2. The molecular weight excluding hydrogens is 769 g/mol. The predicted octanol–water partition coefficient (Wildman–Crippen LogP) is 6.07. The molecule has 6 aliphatic heterocycles. The Labute approximate surface area is 351 Å². The highest BCUT2D eigenvalue weighted by atomic mass is 16.6. The smallest absolute Gasteiger partial charge is 0.410 e. The predicted molar refractivity (Wildman–Crippen MR) is 228 cm³/mol. The molecule has 16 heteroatoms. The topological polar surface area (TPSA) is 167 Å². The van der Waals surface area contributed by atoms with Crippen LogP contribution in [0.5, 0.6) is 11.5 Å². The van der Waals surface area contributed by atoms with Crippen LogP contribution in [0.15, 0.2) is 53.2 Å². The van der Waals surface area contributed by atoms with Crippen LogP contribution in [0.2, 0.25) is 0 Å². The van der Waals surface area contributed by atoms with E-state index in [1.807, 2.05) is 89.5 Å². The molecule has 6 heterocycles. The van der Waals surface area contributed by atoms with E-state index in [0.717, 1.165) is 33.8 Å². The Hall–Kier alpha value is -5.80. The van der Waals surface area contributed by atoms with E-state index in [4.69, 9.17) is 18.9 Å². The summed E-state index contributed by atoms with van der Waals surface area (Å²) in [6.45, 7) is 28.7. The van der Waals surface area contributed by atoms with Gasteiger partial charge >= 0.3 is 12.2 Å². The van der Waals surface area contributed by atoms with Crippen LogP contribution in [0.3, 0.4) is 0 Å². The average Bonchev–Trinajstić information content (AvgIpc) is 3.15. The largest absolute Gasteiger partial charge is 0.483 e. The van der Waals surface area contributed by atoms with Crippen LogP contribution >= 0.6 is 0 Å². The van der Waals surface area contributed by atoms with Crippen molar-refractivity contribution in [1.82, 2.24) is 20.7 Å². The molecule has 16 nitrogen and oxygen atoms in total. The summed E-state index contributed by atoms with van der Waals surface area (Å²) in [5, 5.41) is 8.28. The number of hydrazone groups is 2. The number of ether oxygens (including phenoxy) is 4. The summed E-state index contributed by atoms with van der Waals surface area (Å²) < 4.78 is 22.6. The van der Waals surface area contributed by atoms with E-state index in [1.54, 1.807) is 9.80 Å². The van der Waals surface area contributed by atoms with Crippen molar-refractivity contribution >= 4 is 52.6 Å². The highest BCUT2D eigenvalue weighted by molar-refractivity contribution is 6.10. The lowest BCUT2D eigenvalue weighted by Crippen LogP contribution is -2.59. The van der Waals surface area contributed by atoms with Crippen LogP contribution in [0.1, 0.15) is 93.2 Å². The molecule has 1 unspecified atom stereocenters. The van der Waals surface area contributed by atoms with Gasteiger partial charge in [-0.15, -0.1) is 0 Å². The lowest BCUT2D eigenvalue weighted by Gasteiger charge is -2.51. The van der Waals surface area contributed by atoms with Gasteiger partial charge in [0, 0.05) is 37.0 Å². The van der Waals surface area contributed by atoms with Crippen LogP contribution in [0.25, 0.3) is 5.57 Å². The highest BCUT2D eigenvalue weighted by Crippen LogP contribution is 2.47. The Morgan fingerprint density at radius 3 is 1.70 bits per heavy atom. The first-order valence-corrected chi connectivity index (χ1v) is 20.5. The summed E-state index contributed by atoms with van der Waals surface area (Å²) in [6.07, 6.45) is -0.569. The van der Waals surface area contributed by atoms with E-state index in [0.29, 0.717) is 56.8 Å². The van der Waals surface area contributed by atoms with Gasteiger partial charge in [0.05, 0.1) is 11.4 Å². The van der Waals surface area contributed by atoms with Crippen molar-refractivity contribution in [3.8, 4) is 11.5 Å². The third-order valence-electron chi connectivity index (χ3n) is 12.0. The summed E-state index contributed by atoms with van der Waals surface area (Å²) >= 11 is 0. The molecule has 4 amide bonds. The van der Waals surface area contributed by atoms with Crippen molar-refractivity contribution in [3.63, 3.8) is 0 Å². The fourth-order valence-electron chi connectivity index (χ4n) is 8.28. The van der Waals surface area contributed by atoms with Gasteiger partial charge in [-0.3, -0.25) is 9.59 Å². The Bertz CT molecular complexity index is 2180. The van der Waals surface area contributed by atoms with Crippen LogP contribution < -0.4 is 30.1 Å². The van der Waals surface area contributed by atoms with Gasteiger partial charge in [0.1, 0.15) is 48.0 Å². The molecule has 2 aromatic carbocycles. The van der Waals surface area contributed by atoms with Gasteiger partial charge in [0.15, 0.2) is 11.7 Å². The molecule has 2 aromatic rings. The summed E-state index contributed by atoms with van der Waals surface area (Å²) in [5.41, 5.74) is 8.45. The number of amidine groups is 2. The third-order valence-corrected chi connectivity index (χ3v) is 12.0. The van der Waals surface area contributed by atoms with E-state index < -0.39 is 11.2 Å². The summed E-state index contributed by atoms with van der Waals surface area (Å²) in [5.74, 6) is 2.74. The molecule has 8 rings (SSSR count). The Kier molecular flexibility index (Phi) is 10.6. The number of nitrogens with zero attached hydrogens (tertiary/aromatic N) is 6. The zero-order valence-corrected chi connectivity index (χ0v) is 36.6. The number of benzene rings is 2. The number of hydrogen-bond acceptors (Lipinski definition) is 12. The van der Waals surface area contributed by atoms with Crippen molar-refractivity contribution in [2.75, 3.05) is 49.2 Å². The number of carbonyl (C=O) groups is 4. The standard InChI is InChI=1S/C22H30N4O4.C22H28N4O4/c2*1-13(22(6)11-25(12-22)20(28)30-21(3,4)5)15-7-8-17-16(9-15)26-14(2)19(27)24-23-18(26)10-29-17/h7-9,13-14H,10-12H2,1-6H3,(H,24,27);7-9,14H,1,10-12H2,2-6H3,(H,24,27)/t13?,14-;14-/m11/s1. The molecule has 0 spiro atoms. The Morgan fingerprint density at radius 1 is 0.767 bits per heavy atom. The van der Waals surface area contributed by atoms with Crippen molar-refractivity contribution in [3.05, 3.63) is 54.1 Å². The molecule has 2 N–H and O–H groups in total. The molecule has 322 valence electrons. The summed E-state index contributed by atoms with van der Waals surface area (Å²) in [6, 6.07) is 11.2. The molecule has 0 bridgehead atoms. The van der Waals surface area contributed by atoms with Crippen LogP contribution in [-0.4, -0.2) is 108 Å². The molecule has 2 fully saturated rings. The quantitative estimate of drug-likeness (QED) is 0.370. The molecule has 0 radical (unpaired) electrons. The number of rotatable bonds is 4. The monoisotopic (exact) mass is 826 g/mol. The summed E-state index contributed by atoms with van der Waals surface area (Å²) in [7, 11) is 0. The SMILES string of the molecule is C=C(c1ccc2c(c1)N1C(=NNC(=O)[C@H]1C)CO2)C1(C)CN(C(=O)OC(C)(C)C)C1.CC(c1ccc2c(c1)N1C(=NNC(=O)[C@H]1C)CO2)C1(C)CN(C(=O)OC(C)(C)C)C1. The van der Waals surface area contributed by atoms with Gasteiger partial charge in [-0.25, -0.2) is 20.4 Å². The molecule has 0 saturated carbocycles. The van der Waals surface area contributed by atoms with Gasteiger partial charge in [0.2, 0.25) is 0 Å². The normalized spacial score (nSPS) is 22.6. The van der Waals surface area contributed by atoms with Crippen molar-refractivity contribution < 1.29 is 38.1 Å². The first-order chi connectivity index (χ1) is 28.0. The van der Waals surface area contributed by atoms with Gasteiger partial charge < -0.3 is 38.5 Å². The maximum atomic E-state index is 12.3. The second-order valence-electron chi connectivity index (χ2n) is 19.2. The minimum Gasteiger partial charge on any atom is -0.483 e. The van der Waals surface area contributed by atoms with Gasteiger partial charge in [0.25, 0.3) is 11.8 Å². The fraction of sp³-hybridized carbons (Fsp3) is 0.545. The lowest BCUT2D eigenvalue weighted by atomic mass is 9.69. The maximum absolute atomic E-state index is 12.3. The zero-order valence-electron chi connectivity index (χ0n) is 36.6. The van der Waals surface area contributed by atoms with Gasteiger partial charge in [-0.2, -0.15) is 10.2 Å². The van der Waals surface area contributed by atoms with E-state index in [-0.39, 0.29) is 52.8 Å². The van der Waals surface area contributed by atoms with Crippen molar-refractivity contribution in [1.29, 1.82) is 0 Å². The molecule has 60 heavy (non-hydrogen) atoms. The number of hydrogen-bond donors (Lipinski definition) is 2. The van der Waals surface area contributed by atoms with Crippen LogP contribution in [0, 0.1) is 10.8 Å². The Balaban J connectivity index is 0.000000181. The number of carbonyl (C=O) groups excluding carboxylic acids is 4. The number of fused-ring (bicyclic) bond motifs is 6. The lowest BCUT2D eigenvalue weighted by molar-refractivity contribution is -0.123. The van der Waals surface area contributed by atoms with Gasteiger partial charge in [-0.05, 0) is 102 Å². The Morgan fingerprint density at radius 2 is 1.22 bits per heavy atom. The molecule has 2 saturated heterocycles. The molecule has 0 aliphatic carbocycles. The first kappa shape index (κ1) is 42.3. The second kappa shape index (κ2) is 15.0. The minimum atomic E-state index is -0.519. The van der Waals surface area contributed by atoms with Gasteiger partial charge in [-0.1, -0.05) is 39.5 Å². The highest BCUT2D eigenvalue weighted by Gasteiger charge is 2.48. The van der Waals surface area contributed by atoms with Crippen molar-refractivity contribution in [2.45, 2.75) is 105 Å². The van der Waals surface area contributed by atoms with Crippen molar-refractivity contribution in [2.24, 2.45) is 21.0 Å². The molecular formula is C44H58N8O8. The summed E-state index contributed by atoms with van der Waals surface area (Å²) in [4.78, 5) is 56.2. The molecule has 6 aliphatic rings. The van der Waals surface area contributed by atoms with E-state index in [2.05, 4.69) is 60.5 Å². The van der Waals surface area contributed by atoms with Crippen LogP contribution in [0.4, 0.5) is 21.0 Å². The van der Waals surface area contributed by atoms with E-state index in [1.165, 1.54) is 0 Å². The number of likely N-dealkylation sites (tertiary alicyclic amines) is 2. The first-order valence-electron chi connectivity index (χ1n) is 20.5. The fourth-order valence-corrected chi connectivity index (χ4v) is 8.28. The number of amides is 4. The minimum absolute atomic E-state index is 0.0531. The van der Waals surface area contributed by atoms with E-state index >= 15 is 0 Å². The molecule has 3 atom stereocenters. The molecule has 0 aromatic heterocycles. The number of nitrogens with one attached hydrogen (secondary N) is 2. The average molecular weight is 827 g/mol. The maximum Gasteiger partial charge on any atom is 0.410 e. The second-order valence-corrected chi connectivity index (χ2v) is 19.2. The van der Waals surface area contributed by atoms with E-state index in [9.17, 15) is 19.2 Å².